The summed E-state index contributed by atoms with van der Waals surface area (Å²) in [6.07, 6.45) is 10.3. The first kappa shape index (κ1) is 27.6. The minimum absolute atomic E-state index is 0.0654. The first-order valence-corrected chi connectivity index (χ1v) is 14.5. The number of piperidine rings is 1. The van der Waals surface area contributed by atoms with Crippen LogP contribution in [0.25, 0.3) is 10.9 Å². The van der Waals surface area contributed by atoms with E-state index in [2.05, 4.69) is 34.5 Å². The average molecular weight is 539 g/mol. The molecule has 0 unspecified atom stereocenters. The lowest BCUT2D eigenvalue weighted by Crippen LogP contribution is -2.49. The number of hydrogen-bond donors (Lipinski definition) is 2. The number of para-hydroxylation sites is 1. The van der Waals surface area contributed by atoms with Crippen LogP contribution in [0, 0.1) is 5.92 Å². The molecule has 3 aliphatic rings. The number of amides is 4. The van der Waals surface area contributed by atoms with E-state index in [0.29, 0.717) is 42.2 Å². The minimum Gasteiger partial charge on any atom is -0.378 e. The summed E-state index contributed by atoms with van der Waals surface area (Å²) in [7, 11) is 1.79. The lowest BCUT2D eigenvalue weighted by Gasteiger charge is -2.42. The maximum absolute atomic E-state index is 13.2. The highest BCUT2D eigenvalue weighted by Gasteiger charge is 2.33. The molecule has 1 saturated carbocycles. The fourth-order valence-electron chi connectivity index (χ4n) is 6.69. The summed E-state index contributed by atoms with van der Waals surface area (Å²) in [5.74, 6) is 0.751. The standard InChI is InChI=1S/C29H42N6O4/c1-19-16-21(13-15-39-22-8-5-4-6-9-22)17-20(2)35(19)18-26(37)30-24-11-7-10-23-27(24)33(3)32-28(23)34-14-12-25(36)31-29(34)38/h7,10-11,19-22H,4-6,8-9,12-18H2,1-3H3,(H,30,37)(H,31,36,38)/t19-,20+,21+. The Morgan fingerprint density at radius 1 is 1.13 bits per heavy atom. The fourth-order valence-corrected chi connectivity index (χ4v) is 6.69. The number of carbonyl (C=O) groups is 3. The molecule has 10 heteroatoms. The van der Waals surface area contributed by atoms with Crippen LogP contribution in [0.2, 0.25) is 0 Å². The summed E-state index contributed by atoms with van der Waals surface area (Å²) in [4.78, 5) is 41.0. The summed E-state index contributed by atoms with van der Waals surface area (Å²) >= 11 is 0. The van der Waals surface area contributed by atoms with Crippen molar-refractivity contribution < 1.29 is 19.1 Å². The Balaban J connectivity index is 1.19. The topological polar surface area (TPSA) is 109 Å². The molecule has 0 radical (unpaired) electrons. The second-order valence-corrected chi connectivity index (χ2v) is 11.6. The van der Waals surface area contributed by atoms with Gasteiger partial charge in [0.25, 0.3) is 0 Å². The highest BCUT2D eigenvalue weighted by molar-refractivity contribution is 6.11. The van der Waals surface area contributed by atoms with Crippen molar-refractivity contribution in [2.75, 3.05) is 29.9 Å². The van der Waals surface area contributed by atoms with Gasteiger partial charge >= 0.3 is 6.03 Å². The monoisotopic (exact) mass is 538 g/mol. The highest BCUT2D eigenvalue weighted by atomic mass is 16.5. The highest BCUT2D eigenvalue weighted by Crippen LogP contribution is 2.33. The van der Waals surface area contributed by atoms with E-state index in [1.807, 2.05) is 18.2 Å². The van der Waals surface area contributed by atoms with Crippen molar-refractivity contribution in [3.05, 3.63) is 18.2 Å². The molecule has 4 amide bonds. The Morgan fingerprint density at radius 2 is 1.87 bits per heavy atom. The van der Waals surface area contributed by atoms with Crippen LogP contribution in [-0.4, -0.2) is 70.4 Å². The van der Waals surface area contributed by atoms with Gasteiger partial charge < -0.3 is 10.1 Å². The Labute approximate surface area is 230 Å². The molecule has 3 atom stereocenters. The second-order valence-electron chi connectivity index (χ2n) is 11.6. The van der Waals surface area contributed by atoms with Gasteiger partial charge in [0, 0.05) is 44.1 Å². The first-order valence-electron chi connectivity index (χ1n) is 14.5. The van der Waals surface area contributed by atoms with Gasteiger partial charge in [-0.2, -0.15) is 5.10 Å². The molecular formula is C29H42N6O4. The number of urea groups is 1. The largest absolute Gasteiger partial charge is 0.378 e. The number of nitrogens with zero attached hydrogens (tertiary/aromatic N) is 4. The third-order valence-electron chi connectivity index (χ3n) is 8.67. The average Bonchev–Trinajstić information content (AvgIpc) is 3.24. The van der Waals surface area contributed by atoms with Gasteiger partial charge in [-0.05, 0) is 64.0 Å². The number of carbonyl (C=O) groups excluding carboxylic acids is 3. The molecule has 5 rings (SSSR count). The molecule has 1 aromatic heterocycles. The van der Waals surface area contributed by atoms with Crippen LogP contribution in [0.1, 0.15) is 71.6 Å². The zero-order valence-electron chi connectivity index (χ0n) is 23.4. The number of aryl methyl sites for hydroxylation is 1. The van der Waals surface area contributed by atoms with Crippen molar-refractivity contribution in [3.63, 3.8) is 0 Å². The minimum atomic E-state index is -0.479. The molecule has 1 aliphatic carbocycles. The smallest absolute Gasteiger partial charge is 0.329 e. The van der Waals surface area contributed by atoms with E-state index in [1.54, 1.807) is 11.7 Å². The lowest BCUT2D eigenvalue weighted by atomic mass is 9.85. The summed E-state index contributed by atoms with van der Waals surface area (Å²) in [5.41, 5.74) is 1.39. The Morgan fingerprint density at radius 3 is 2.59 bits per heavy atom. The molecule has 39 heavy (non-hydrogen) atoms. The number of imide groups is 1. The maximum atomic E-state index is 13.2. The molecule has 3 heterocycles. The maximum Gasteiger partial charge on any atom is 0.329 e. The van der Waals surface area contributed by atoms with Crippen LogP contribution in [0.15, 0.2) is 18.2 Å². The predicted molar refractivity (Wildman–Crippen MR) is 151 cm³/mol. The van der Waals surface area contributed by atoms with E-state index in [-0.39, 0.29) is 24.8 Å². The van der Waals surface area contributed by atoms with Gasteiger partial charge in [0.2, 0.25) is 11.8 Å². The molecule has 2 aromatic rings. The van der Waals surface area contributed by atoms with E-state index in [1.165, 1.54) is 37.0 Å². The predicted octanol–water partition coefficient (Wildman–Crippen LogP) is 4.19. The SMILES string of the molecule is C[C@@H]1C[C@H](CCOC2CCCCC2)C[C@H](C)N1CC(=O)Nc1cccc2c(N3CCC(=O)NC3=O)nn(C)c12. The van der Waals surface area contributed by atoms with Gasteiger partial charge in [-0.15, -0.1) is 0 Å². The number of aromatic nitrogens is 2. The van der Waals surface area contributed by atoms with Crippen LogP contribution >= 0.6 is 0 Å². The summed E-state index contributed by atoms with van der Waals surface area (Å²) in [6.45, 7) is 5.89. The summed E-state index contributed by atoms with van der Waals surface area (Å²) in [5, 5.41) is 10.7. The molecule has 0 bridgehead atoms. The van der Waals surface area contributed by atoms with E-state index in [4.69, 9.17) is 4.74 Å². The summed E-state index contributed by atoms with van der Waals surface area (Å²) < 4.78 is 7.86. The van der Waals surface area contributed by atoms with E-state index >= 15 is 0 Å². The van der Waals surface area contributed by atoms with Gasteiger partial charge in [-0.1, -0.05) is 25.3 Å². The van der Waals surface area contributed by atoms with Gasteiger partial charge in [0.05, 0.1) is 23.9 Å². The Bertz CT molecular complexity index is 1190. The molecule has 10 nitrogen and oxygen atoms in total. The Hall–Kier alpha value is -2.98. The number of ether oxygens (including phenoxy) is 1. The number of hydrogen-bond acceptors (Lipinski definition) is 6. The van der Waals surface area contributed by atoms with Crippen molar-refractivity contribution in [1.82, 2.24) is 20.0 Å². The van der Waals surface area contributed by atoms with Crippen LogP contribution in [0.4, 0.5) is 16.3 Å². The van der Waals surface area contributed by atoms with Crippen LogP contribution < -0.4 is 15.5 Å². The van der Waals surface area contributed by atoms with Crippen molar-refractivity contribution >= 4 is 40.3 Å². The van der Waals surface area contributed by atoms with Crippen molar-refractivity contribution in [3.8, 4) is 0 Å². The van der Waals surface area contributed by atoms with E-state index in [0.717, 1.165) is 36.8 Å². The third kappa shape index (κ3) is 6.27. The van der Waals surface area contributed by atoms with E-state index in [9.17, 15) is 14.4 Å². The van der Waals surface area contributed by atoms with Crippen LogP contribution in [0.5, 0.6) is 0 Å². The zero-order valence-corrected chi connectivity index (χ0v) is 23.4. The van der Waals surface area contributed by atoms with Crippen molar-refractivity contribution in [1.29, 1.82) is 0 Å². The van der Waals surface area contributed by atoms with Crippen molar-refractivity contribution in [2.24, 2.45) is 13.0 Å². The lowest BCUT2D eigenvalue weighted by molar-refractivity contribution is -0.120. The Kier molecular flexibility index (Phi) is 8.52. The van der Waals surface area contributed by atoms with Crippen LogP contribution in [-0.2, 0) is 21.4 Å². The second kappa shape index (κ2) is 12.0. The normalized spacial score (nSPS) is 25.2. The molecular weight excluding hydrogens is 496 g/mol. The molecule has 1 aromatic carbocycles. The molecule has 2 N–H and O–H groups in total. The zero-order chi connectivity index (χ0) is 27.5. The quantitative estimate of drug-likeness (QED) is 0.522. The molecule has 0 spiro atoms. The van der Waals surface area contributed by atoms with E-state index < -0.39 is 6.03 Å². The number of likely N-dealkylation sites (tertiary alicyclic amines) is 1. The number of anilines is 2. The molecule has 2 aliphatic heterocycles. The van der Waals surface area contributed by atoms with Gasteiger partial charge in [-0.25, -0.2) is 4.79 Å². The fraction of sp³-hybridized carbons (Fsp3) is 0.655. The summed E-state index contributed by atoms with van der Waals surface area (Å²) in [6, 6.07) is 5.74. The number of rotatable bonds is 8. The first-order chi connectivity index (χ1) is 18.8. The van der Waals surface area contributed by atoms with Gasteiger partial charge in [0.15, 0.2) is 5.82 Å². The van der Waals surface area contributed by atoms with Gasteiger partial charge in [-0.3, -0.25) is 29.4 Å². The number of benzene rings is 1. The molecule has 2 saturated heterocycles. The van der Waals surface area contributed by atoms with Crippen LogP contribution in [0.3, 0.4) is 0 Å². The number of nitrogens with one attached hydrogen (secondary N) is 2. The van der Waals surface area contributed by atoms with Gasteiger partial charge in [0.1, 0.15) is 0 Å². The molecule has 212 valence electrons. The molecule has 3 fully saturated rings. The number of fused-ring (bicyclic) bond motifs is 1. The third-order valence-corrected chi connectivity index (χ3v) is 8.67. The van der Waals surface area contributed by atoms with Crippen molar-refractivity contribution in [2.45, 2.75) is 89.8 Å².